The van der Waals surface area contributed by atoms with Gasteiger partial charge in [-0.2, -0.15) is 0 Å². The first kappa shape index (κ1) is 14.4. The highest BCUT2D eigenvalue weighted by Crippen LogP contribution is 2.09. The van der Waals surface area contributed by atoms with Crippen LogP contribution in [0.5, 0.6) is 0 Å². The Kier molecular flexibility index (Phi) is 6.45. The smallest absolute Gasteiger partial charge is 0.0530 e. The second-order valence-electron chi connectivity index (χ2n) is 4.51. The van der Waals surface area contributed by atoms with Gasteiger partial charge in [-0.3, -0.25) is 4.21 Å². The maximum absolute atomic E-state index is 12.0. The second kappa shape index (κ2) is 7.62. The zero-order valence-corrected chi connectivity index (χ0v) is 11.8. The maximum atomic E-state index is 12.0. The van der Waals surface area contributed by atoms with Gasteiger partial charge in [0.2, 0.25) is 0 Å². The van der Waals surface area contributed by atoms with Gasteiger partial charge in [-0.15, -0.1) is 0 Å². The van der Waals surface area contributed by atoms with E-state index in [4.69, 9.17) is 0 Å². The minimum absolute atomic E-state index is 0.448. The van der Waals surface area contributed by atoms with Crippen LogP contribution in [-0.2, 0) is 10.8 Å². The van der Waals surface area contributed by atoms with Crippen molar-refractivity contribution in [2.24, 2.45) is 0 Å². The first-order chi connectivity index (χ1) is 8.13. The molecule has 2 nitrogen and oxygen atoms in total. The fraction of sp³-hybridized carbons (Fsp3) is 0.571. The van der Waals surface area contributed by atoms with Crippen LogP contribution in [0.1, 0.15) is 32.3 Å². The molecule has 1 aromatic carbocycles. The van der Waals surface area contributed by atoms with Crippen molar-refractivity contribution in [1.29, 1.82) is 0 Å². The summed E-state index contributed by atoms with van der Waals surface area (Å²) in [6.45, 7) is 7.40. The quantitative estimate of drug-likeness (QED) is 0.809. The second-order valence-corrected chi connectivity index (χ2v) is 6.08. The highest BCUT2D eigenvalue weighted by atomic mass is 32.2. The van der Waals surface area contributed by atoms with Crippen molar-refractivity contribution in [3.8, 4) is 0 Å². The van der Waals surface area contributed by atoms with E-state index in [1.807, 2.05) is 31.2 Å². The Morgan fingerprint density at radius 3 is 2.53 bits per heavy atom. The van der Waals surface area contributed by atoms with E-state index in [1.54, 1.807) is 0 Å². The highest BCUT2D eigenvalue weighted by Gasteiger charge is 2.06. The molecule has 17 heavy (non-hydrogen) atoms. The van der Waals surface area contributed by atoms with Crippen LogP contribution in [0.4, 0.5) is 0 Å². The van der Waals surface area contributed by atoms with Crippen molar-refractivity contribution in [2.75, 3.05) is 12.3 Å². The number of hydrogen-bond donors (Lipinski definition) is 1. The Morgan fingerprint density at radius 2 is 1.94 bits per heavy atom. The fourth-order valence-corrected chi connectivity index (χ4v) is 2.83. The van der Waals surface area contributed by atoms with Crippen molar-refractivity contribution in [1.82, 2.24) is 5.32 Å². The fourth-order valence-electron chi connectivity index (χ4n) is 1.58. The Morgan fingerprint density at radius 1 is 1.29 bits per heavy atom. The lowest BCUT2D eigenvalue weighted by Crippen LogP contribution is -2.28. The molecule has 0 bridgehead atoms. The van der Waals surface area contributed by atoms with Gasteiger partial charge < -0.3 is 5.32 Å². The average Bonchev–Trinajstić information content (AvgIpc) is 2.34. The molecule has 1 N–H and O–H groups in total. The molecule has 0 spiro atoms. The lowest BCUT2D eigenvalue weighted by molar-refractivity contribution is 0.533. The molecule has 1 aromatic rings. The van der Waals surface area contributed by atoms with E-state index in [9.17, 15) is 4.21 Å². The first-order valence-corrected chi connectivity index (χ1v) is 7.63. The third-order valence-corrected chi connectivity index (χ3v) is 4.17. The predicted octanol–water partition coefficient (Wildman–Crippen LogP) is 2.88. The SMILES string of the molecule is CCCNC(C)CCS(=O)c1ccc(C)cc1. The van der Waals surface area contributed by atoms with Crippen molar-refractivity contribution in [3.63, 3.8) is 0 Å². The molecule has 96 valence electrons. The van der Waals surface area contributed by atoms with E-state index >= 15 is 0 Å². The molecule has 3 heteroatoms. The molecule has 0 radical (unpaired) electrons. The van der Waals surface area contributed by atoms with Crippen LogP contribution in [0, 0.1) is 6.92 Å². The maximum Gasteiger partial charge on any atom is 0.0530 e. The zero-order valence-electron chi connectivity index (χ0n) is 11.0. The van der Waals surface area contributed by atoms with Crippen molar-refractivity contribution >= 4 is 10.8 Å². The normalized spacial score (nSPS) is 14.5. The van der Waals surface area contributed by atoms with Gasteiger partial charge in [0.15, 0.2) is 0 Å². The molecule has 0 aliphatic heterocycles. The van der Waals surface area contributed by atoms with Gasteiger partial charge in [0, 0.05) is 16.7 Å². The van der Waals surface area contributed by atoms with Gasteiger partial charge in [0.05, 0.1) is 10.8 Å². The summed E-state index contributed by atoms with van der Waals surface area (Å²) in [6, 6.07) is 8.42. The summed E-state index contributed by atoms with van der Waals surface area (Å²) in [6.07, 6.45) is 2.10. The first-order valence-electron chi connectivity index (χ1n) is 6.32. The van der Waals surface area contributed by atoms with Gasteiger partial charge >= 0.3 is 0 Å². The zero-order chi connectivity index (χ0) is 12.7. The molecule has 0 aliphatic carbocycles. The molecule has 0 fully saturated rings. The summed E-state index contributed by atoms with van der Waals surface area (Å²) in [5, 5.41) is 3.41. The molecule has 0 aliphatic rings. The summed E-state index contributed by atoms with van der Waals surface area (Å²) in [5.74, 6) is 0.737. The third kappa shape index (κ3) is 5.46. The van der Waals surface area contributed by atoms with Gasteiger partial charge in [-0.1, -0.05) is 24.6 Å². The van der Waals surface area contributed by atoms with Crippen LogP contribution in [-0.4, -0.2) is 22.5 Å². The van der Waals surface area contributed by atoms with Gasteiger partial charge in [-0.05, 0) is 45.4 Å². The van der Waals surface area contributed by atoms with Crippen LogP contribution in [0.25, 0.3) is 0 Å². The van der Waals surface area contributed by atoms with Gasteiger partial charge in [0.1, 0.15) is 0 Å². The van der Waals surface area contributed by atoms with Crippen molar-refractivity contribution in [2.45, 2.75) is 44.6 Å². The Labute approximate surface area is 107 Å². The van der Waals surface area contributed by atoms with E-state index in [1.165, 1.54) is 5.56 Å². The van der Waals surface area contributed by atoms with Gasteiger partial charge in [-0.25, -0.2) is 0 Å². The van der Waals surface area contributed by atoms with Crippen LogP contribution >= 0.6 is 0 Å². The molecule has 0 saturated heterocycles. The summed E-state index contributed by atoms with van der Waals surface area (Å²) >= 11 is 0. The molecule has 0 aromatic heterocycles. The van der Waals surface area contributed by atoms with E-state index in [0.717, 1.165) is 30.0 Å². The van der Waals surface area contributed by atoms with Crippen LogP contribution in [0.3, 0.4) is 0 Å². The minimum atomic E-state index is -0.858. The Bertz CT molecular complexity index is 348. The van der Waals surface area contributed by atoms with Crippen LogP contribution in [0.2, 0.25) is 0 Å². The standard InChI is InChI=1S/C14H23NOS/c1-4-10-15-13(3)9-11-17(16)14-7-5-12(2)6-8-14/h5-8,13,15H,4,9-11H2,1-3H3. The predicted molar refractivity (Wildman–Crippen MR) is 74.8 cm³/mol. The van der Waals surface area contributed by atoms with Crippen LogP contribution in [0.15, 0.2) is 29.2 Å². The van der Waals surface area contributed by atoms with E-state index in [2.05, 4.69) is 19.2 Å². The summed E-state index contributed by atoms with van der Waals surface area (Å²) in [5.41, 5.74) is 1.21. The third-order valence-electron chi connectivity index (χ3n) is 2.76. The van der Waals surface area contributed by atoms with E-state index in [0.29, 0.717) is 6.04 Å². The molecule has 1 rings (SSSR count). The monoisotopic (exact) mass is 253 g/mol. The summed E-state index contributed by atoms with van der Waals surface area (Å²) in [4.78, 5) is 0.943. The molecular formula is C14H23NOS. The Balaban J connectivity index is 2.36. The molecular weight excluding hydrogens is 230 g/mol. The number of hydrogen-bond acceptors (Lipinski definition) is 2. The molecule has 2 atom stereocenters. The number of aryl methyl sites for hydroxylation is 1. The number of rotatable bonds is 7. The largest absolute Gasteiger partial charge is 0.314 e. The number of nitrogens with one attached hydrogen (secondary N) is 1. The molecule has 2 unspecified atom stereocenters. The molecule has 0 amide bonds. The topological polar surface area (TPSA) is 29.1 Å². The lowest BCUT2D eigenvalue weighted by atomic mass is 10.2. The van der Waals surface area contributed by atoms with Crippen molar-refractivity contribution < 1.29 is 4.21 Å². The molecule has 0 heterocycles. The minimum Gasteiger partial charge on any atom is -0.314 e. The lowest BCUT2D eigenvalue weighted by Gasteiger charge is -2.12. The molecule has 0 saturated carbocycles. The van der Waals surface area contributed by atoms with Crippen LogP contribution < -0.4 is 5.32 Å². The average molecular weight is 253 g/mol. The van der Waals surface area contributed by atoms with E-state index < -0.39 is 10.8 Å². The van der Waals surface area contributed by atoms with Crippen molar-refractivity contribution in [3.05, 3.63) is 29.8 Å². The summed E-state index contributed by atoms with van der Waals surface area (Å²) in [7, 11) is -0.858. The highest BCUT2D eigenvalue weighted by molar-refractivity contribution is 7.85. The summed E-state index contributed by atoms with van der Waals surface area (Å²) < 4.78 is 12.0. The van der Waals surface area contributed by atoms with Gasteiger partial charge in [0.25, 0.3) is 0 Å². The Hall–Kier alpha value is -0.670. The van der Waals surface area contributed by atoms with E-state index in [-0.39, 0.29) is 0 Å². The number of benzene rings is 1.